The molecule has 684 valence electrons. The molecule has 32 atom stereocenters. The molecule has 0 aromatic carbocycles. The van der Waals surface area contributed by atoms with E-state index in [1.54, 1.807) is 53.7 Å². The molecule has 28 heteroatoms. The van der Waals surface area contributed by atoms with Crippen LogP contribution < -0.4 is 0 Å². The van der Waals surface area contributed by atoms with Gasteiger partial charge < -0.3 is 69.3 Å². The number of ether oxygens (including phenoxy) is 6. The van der Waals surface area contributed by atoms with Gasteiger partial charge in [0.15, 0.2) is 81.0 Å². The number of aliphatic hydroxyl groups excluding tert-OH is 7. The third-order valence-electron chi connectivity index (χ3n) is 36.6. The van der Waals surface area contributed by atoms with E-state index in [0.29, 0.717) is 44.9 Å². The fraction of sp³-hybridized carbons (Fsp3) is 0.771. The van der Waals surface area contributed by atoms with Gasteiger partial charge >= 0.3 is 11.9 Å². The lowest BCUT2D eigenvalue weighted by Crippen LogP contribution is -2.71. The van der Waals surface area contributed by atoms with Crippen LogP contribution in [0.3, 0.4) is 0 Å². The Bertz CT molecular complexity index is 4660. The Morgan fingerprint density at radius 1 is 0.492 bits per heavy atom. The number of Topliss-reactive ketones (excluding diaryl/α,β-unsaturated/α-hetero) is 4. The molecule has 0 amide bonds. The van der Waals surface area contributed by atoms with Crippen molar-refractivity contribution in [3.8, 4) is 0 Å². The highest BCUT2D eigenvalue weighted by molar-refractivity contribution is 6.02. The summed E-state index contributed by atoms with van der Waals surface area (Å²) in [6, 6.07) is 0. The predicted molar refractivity (Wildman–Crippen MR) is 436 cm³/mol. The van der Waals surface area contributed by atoms with Gasteiger partial charge in [0.1, 0.15) is 37.8 Å². The van der Waals surface area contributed by atoms with Gasteiger partial charge in [-0.3, -0.25) is 47.9 Å². The molecule has 14 fully saturated rings. The first-order chi connectivity index (χ1) is 57.7. The van der Waals surface area contributed by atoms with E-state index in [9.17, 15) is 88.8 Å². The van der Waals surface area contributed by atoms with Gasteiger partial charge in [-0.2, -0.15) is 0 Å². The zero-order valence-electron chi connectivity index (χ0n) is 74.0. The minimum Gasteiger partial charge on any atom is -0.458 e. The van der Waals surface area contributed by atoms with Crippen LogP contribution in [0.25, 0.3) is 0 Å². The molecule has 0 unspecified atom stereocenters. The Morgan fingerprint density at radius 3 is 1.34 bits per heavy atom. The van der Waals surface area contributed by atoms with Crippen LogP contribution in [-0.4, -0.2) is 220 Å². The molecule has 18 aliphatic rings. The standard InChI is InChI=1S/C26H32F2O7.C25H36O6.C24H30F2O6.C21H30O5/c1-13(29)33-12-20(32)26-21(34-22(2,3)35-26)10-15-16-9-18(27)17-8-14(30)6-7-23(17,4)25(16,28)19(31)11-24(15,26)5;1-4-5-21(30)31-25(20(29)14-26)11-9-18-17-7-6-15-12-16(27)8-10-23(15,2)22(17)19(28)13-24(18,25)3;1-20(2)31-19-9-13-14-8-16(25)15-7-12(28)5-6-21(15,3)23(14,26)17(29)10-22(13,4)24(19,32-20)18(30)11-27;1-19-7-5-13(23)9-12(19)3-4-14-15-6-8-21(26,17(25)11-22)20(15,2)10-16(24)18(14)19/h6-8,15-16,18-19,21,31H,9-12H2,1-5H3;12,17-19,22,26,28H,4-11,13-14H2,1-3H3;5-7,13-14,16-17,19,27,29H,8-11H2,1-4H3;9,14-16,18,22,24,26H,3-8,10-11H2,1-2H3/t15-,16-,18-,19-,21+,23-,24-,25-,26+;17-,18-,19-,22+,23-,24-,25-;13-,14-,16-,17-,19+,21-,22-,23-,24+;14-,15-,16-,18+,19-,20-,21-/m0000/s1. The second-order valence-corrected chi connectivity index (χ2v) is 43.0. The Morgan fingerprint density at radius 2 is 0.911 bits per heavy atom. The van der Waals surface area contributed by atoms with Crippen molar-refractivity contribution >= 4 is 58.2 Å². The maximum Gasteiger partial charge on any atom is 0.306 e. The number of rotatable bonds is 12. The number of hydrogen-bond acceptors (Lipinski definition) is 24. The van der Waals surface area contributed by atoms with Crippen molar-refractivity contribution in [2.45, 2.75) is 332 Å². The number of esters is 2. The average molecular weight is 1740 g/mol. The number of aliphatic hydroxyl groups is 8. The summed E-state index contributed by atoms with van der Waals surface area (Å²) >= 11 is 0. The van der Waals surface area contributed by atoms with E-state index < -0.39 is 224 Å². The average Bonchev–Trinajstić information content (AvgIpc) is 1.04. The monoisotopic (exact) mass is 1740 g/mol. The molecule has 18 rings (SSSR count). The van der Waals surface area contributed by atoms with Crippen LogP contribution in [-0.2, 0) is 76.4 Å². The molecule has 2 heterocycles. The molecule has 8 N–H and O–H groups in total. The van der Waals surface area contributed by atoms with Crippen molar-refractivity contribution in [2.75, 3.05) is 26.4 Å². The van der Waals surface area contributed by atoms with Gasteiger partial charge in [-0.1, -0.05) is 71.8 Å². The number of halogens is 4. The SMILES string of the molecule is CC(=O)OCC(=O)[C@@]12OC(C)(C)O[C@@H]1C[C@H]1[C@@H]3C[C@H](F)C4=CC(=O)C=C[C@]4(C)[C@@]3(F)[C@@H](O)C[C@@]12C.CC1(C)O[C@@H]2C[C@H]3[C@@H]4C[C@H](F)C5=CC(=O)C=C[C@]5(C)[C@@]4(F)[C@@H](O)C[C@]3(C)[C@]2(C(=O)CO)O1.CCCC(=O)O[C@]1(C(=O)CO)CC[C@H]2[C@@H]3CCC4=CC(=O)CC[C@]4(C)[C@H]3[C@@H](O)C[C@@]21C.C[C@]12CCC(=O)C=C1CC[C@@H]1[C@@H]2[C@@H](O)C[C@@]2(C)[C@H]1CC[C@]2(O)C(=O)CO. The van der Waals surface area contributed by atoms with Crippen molar-refractivity contribution in [1.82, 2.24) is 0 Å². The van der Waals surface area contributed by atoms with Crippen molar-refractivity contribution in [3.05, 3.63) is 70.9 Å². The van der Waals surface area contributed by atoms with E-state index in [2.05, 4.69) is 13.8 Å². The van der Waals surface area contributed by atoms with E-state index >= 15 is 17.6 Å². The summed E-state index contributed by atoms with van der Waals surface area (Å²) in [5.41, 5.74) is -15.1. The van der Waals surface area contributed by atoms with Crippen molar-refractivity contribution in [3.63, 3.8) is 0 Å². The van der Waals surface area contributed by atoms with Crippen molar-refractivity contribution in [2.24, 2.45) is 102 Å². The fourth-order valence-electron chi connectivity index (χ4n) is 31.2. The van der Waals surface area contributed by atoms with Crippen LogP contribution in [0.2, 0.25) is 0 Å². The second-order valence-electron chi connectivity index (χ2n) is 43.0. The molecule has 0 aromatic rings. The van der Waals surface area contributed by atoms with Crippen LogP contribution in [0.5, 0.6) is 0 Å². The Balaban J connectivity index is 0.000000129. The lowest BCUT2D eigenvalue weighted by Gasteiger charge is -2.63. The van der Waals surface area contributed by atoms with Crippen molar-refractivity contribution in [1.29, 1.82) is 0 Å². The quantitative estimate of drug-likeness (QED) is 0.0665. The van der Waals surface area contributed by atoms with Crippen LogP contribution in [0.4, 0.5) is 17.6 Å². The number of alkyl halides is 4. The number of carbonyl (C=O) groups excluding carboxylic acids is 10. The fourth-order valence-corrected chi connectivity index (χ4v) is 31.2. The van der Waals surface area contributed by atoms with Crippen LogP contribution in [0, 0.1) is 102 Å². The minimum atomic E-state index is -2.27. The molecular weight excluding hydrogens is 1610 g/mol. The van der Waals surface area contributed by atoms with Gasteiger partial charge in [0.2, 0.25) is 11.6 Å². The van der Waals surface area contributed by atoms with E-state index in [1.807, 2.05) is 20.8 Å². The highest BCUT2D eigenvalue weighted by Crippen LogP contribution is 2.77. The Labute approximate surface area is 721 Å². The molecule has 12 saturated carbocycles. The van der Waals surface area contributed by atoms with E-state index in [4.69, 9.17) is 28.4 Å². The van der Waals surface area contributed by atoms with Gasteiger partial charge in [-0.15, -0.1) is 0 Å². The smallest absolute Gasteiger partial charge is 0.306 e. The first kappa shape index (κ1) is 92.7. The van der Waals surface area contributed by atoms with Gasteiger partial charge in [0.25, 0.3) is 0 Å². The van der Waals surface area contributed by atoms with E-state index in [1.165, 1.54) is 50.6 Å². The Kier molecular flexibility index (Phi) is 23.0. The Hall–Kier alpha value is -6.02. The third kappa shape index (κ3) is 12.7. The van der Waals surface area contributed by atoms with Crippen molar-refractivity contribution < 1.29 is 135 Å². The summed E-state index contributed by atoms with van der Waals surface area (Å²) in [5.74, 6) is -7.94. The zero-order chi connectivity index (χ0) is 90.8. The van der Waals surface area contributed by atoms with E-state index in [0.717, 1.165) is 69.1 Å². The first-order valence-electron chi connectivity index (χ1n) is 45.2. The summed E-state index contributed by atoms with van der Waals surface area (Å²) in [7, 11) is 0. The maximum absolute atomic E-state index is 17.3. The number of ketones is 8. The first-order valence-corrected chi connectivity index (χ1v) is 45.2. The summed E-state index contributed by atoms with van der Waals surface area (Å²) < 4.78 is 101. The van der Waals surface area contributed by atoms with Gasteiger partial charge in [-0.25, -0.2) is 17.6 Å². The molecule has 0 spiro atoms. The molecule has 0 radical (unpaired) electrons. The van der Waals surface area contributed by atoms with Gasteiger partial charge in [0, 0.05) is 70.5 Å². The zero-order valence-corrected chi connectivity index (χ0v) is 74.0. The highest BCUT2D eigenvalue weighted by atomic mass is 19.2. The number of fused-ring (bicyclic) bond motifs is 24. The second kappa shape index (κ2) is 30.8. The van der Waals surface area contributed by atoms with E-state index in [-0.39, 0.29) is 114 Å². The molecule has 2 saturated heterocycles. The summed E-state index contributed by atoms with van der Waals surface area (Å²) in [4.78, 5) is 124. The highest BCUT2D eigenvalue weighted by Gasteiger charge is 2.84. The molecular formula is C96H128F4O24. The van der Waals surface area contributed by atoms with Gasteiger partial charge in [-0.05, 0) is 269 Å². The molecule has 2 aliphatic heterocycles. The molecule has 0 aromatic heterocycles. The van der Waals surface area contributed by atoms with Crippen LogP contribution >= 0.6 is 0 Å². The normalized spacial score (nSPS) is 49.3. The molecule has 0 bridgehead atoms. The van der Waals surface area contributed by atoms with Crippen LogP contribution in [0.15, 0.2) is 70.9 Å². The maximum atomic E-state index is 17.3. The lowest BCUT2D eigenvalue weighted by atomic mass is 9.44. The summed E-state index contributed by atoms with van der Waals surface area (Å²) in [6.45, 7) is 22.0. The third-order valence-corrected chi connectivity index (χ3v) is 36.6. The molecule has 124 heavy (non-hydrogen) atoms. The summed E-state index contributed by atoms with van der Waals surface area (Å²) in [6.07, 6.45) is 11.7. The minimum absolute atomic E-state index is 0.0325. The molecule has 24 nitrogen and oxygen atoms in total. The number of carbonyl (C=O) groups is 10. The largest absolute Gasteiger partial charge is 0.458 e. The van der Waals surface area contributed by atoms with Crippen LogP contribution in [0.1, 0.15) is 238 Å². The molecule has 16 aliphatic carbocycles. The van der Waals surface area contributed by atoms with Gasteiger partial charge in [0.05, 0.1) is 36.6 Å². The number of hydrogen-bond donors (Lipinski definition) is 8. The predicted octanol–water partition coefficient (Wildman–Crippen LogP) is 10.2. The topological polar surface area (TPSA) is 388 Å². The lowest BCUT2D eigenvalue weighted by molar-refractivity contribution is -0.249. The number of allylic oxidation sites excluding steroid dienone is 10. The summed E-state index contributed by atoms with van der Waals surface area (Å²) in [5, 5.41) is 85.6.